The molecule has 2 N–H and O–H groups in total. The number of benzene rings is 1. The first-order valence-electron chi connectivity index (χ1n) is 5.14. The highest BCUT2D eigenvalue weighted by Crippen LogP contribution is 2.24. The van der Waals surface area contributed by atoms with Crippen molar-refractivity contribution in [2.24, 2.45) is 5.73 Å². The third kappa shape index (κ3) is 3.80. The van der Waals surface area contributed by atoms with Gasteiger partial charge in [-0.05, 0) is 24.3 Å². The lowest BCUT2D eigenvalue weighted by Gasteiger charge is -2.10. The summed E-state index contributed by atoms with van der Waals surface area (Å²) in [7, 11) is 0. The average molecular weight is 310 g/mol. The topological polar surface area (TPSA) is 51.8 Å². The van der Waals surface area contributed by atoms with Crippen molar-refractivity contribution in [1.82, 2.24) is 9.97 Å². The summed E-state index contributed by atoms with van der Waals surface area (Å²) >= 11 is 5.14. The average Bonchev–Trinajstić information content (AvgIpc) is 2.39. The Morgan fingerprint density at radius 2 is 1.82 bits per heavy atom. The molecule has 1 unspecified atom stereocenters. The van der Waals surface area contributed by atoms with Gasteiger partial charge in [-0.3, -0.25) is 0 Å². The first-order valence-corrected chi connectivity index (χ1v) is 6.92. The van der Waals surface area contributed by atoms with Gasteiger partial charge < -0.3 is 5.73 Å². The van der Waals surface area contributed by atoms with Crippen molar-refractivity contribution in [3.63, 3.8) is 0 Å². The summed E-state index contributed by atoms with van der Waals surface area (Å²) in [5.41, 5.74) is 7.03. The van der Waals surface area contributed by atoms with E-state index in [1.807, 2.05) is 12.1 Å². The van der Waals surface area contributed by atoms with Gasteiger partial charge in [0.15, 0.2) is 0 Å². The number of hydrogen-bond acceptors (Lipinski definition) is 4. The Morgan fingerprint density at radius 3 is 2.47 bits per heavy atom. The van der Waals surface area contributed by atoms with Gasteiger partial charge in [-0.15, -0.1) is 11.8 Å². The van der Waals surface area contributed by atoms with Crippen LogP contribution in [0.3, 0.4) is 0 Å². The van der Waals surface area contributed by atoms with E-state index >= 15 is 0 Å². The van der Waals surface area contributed by atoms with E-state index < -0.39 is 0 Å². The molecule has 0 aliphatic rings. The SMILES string of the molecule is NC(CSc1ccc(Br)cc1)c1cncnc1. The molecule has 1 atom stereocenters. The minimum absolute atomic E-state index is 0.0372. The molecule has 2 rings (SSSR count). The van der Waals surface area contributed by atoms with Crippen molar-refractivity contribution in [2.45, 2.75) is 10.9 Å². The Bertz CT molecular complexity index is 461. The molecule has 1 heterocycles. The summed E-state index contributed by atoms with van der Waals surface area (Å²) in [6.45, 7) is 0. The number of hydrogen-bond donors (Lipinski definition) is 1. The Kier molecular flexibility index (Phi) is 4.53. The van der Waals surface area contributed by atoms with E-state index in [9.17, 15) is 0 Å². The van der Waals surface area contributed by atoms with Crippen LogP contribution >= 0.6 is 27.7 Å². The lowest BCUT2D eigenvalue weighted by Crippen LogP contribution is -2.13. The summed E-state index contributed by atoms with van der Waals surface area (Å²) in [4.78, 5) is 9.14. The Balaban J connectivity index is 1.92. The summed E-state index contributed by atoms with van der Waals surface area (Å²) in [6.07, 6.45) is 5.04. The first kappa shape index (κ1) is 12.5. The van der Waals surface area contributed by atoms with Gasteiger partial charge in [-0.1, -0.05) is 15.9 Å². The van der Waals surface area contributed by atoms with E-state index in [1.54, 1.807) is 24.2 Å². The predicted octanol–water partition coefficient (Wildman–Crippen LogP) is 3.03. The number of nitrogens with zero attached hydrogens (tertiary/aromatic N) is 2. The number of aromatic nitrogens is 2. The van der Waals surface area contributed by atoms with E-state index in [0.717, 1.165) is 15.8 Å². The lowest BCUT2D eigenvalue weighted by molar-refractivity contribution is 0.814. The fourth-order valence-corrected chi connectivity index (χ4v) is 2.47. The molecule has 0 aliphatic heterocycles. The van der Waals surface area contributed by atoms with Crippen molar-refractivity contribution < 1.29 is 0 Å². The minimum atomic E-state index is -0.0372. The zero-order chi connectivity index (χ0) is 12.1. The molecule has 0 amide bonds. The van der Waals surface area contributed by atoms with Crippen LogP contribution in [0.25, 0.3) is 0 Å². The van der Waals surface area contributed by atoms with Crippen LogP contribution < -0.4 is 5.73 Å². The van der Waals surface area contributed by atoms with Crippen LogP contribution in [0.15, 0.2) is 52.4 Å². The normalized spacial score (nSPS) is 12.4. The van der Waals surface area contributed by atoms with Gasteiger partial charge in [-0.25, -0.2) is 9.97 Å². The molecule has 0 saturated carbocycles. The summed E-state index contributed by atoms with van der Waals surface area (Å²) in [5, 5.41) is 0. The van der Waals surface area contributed by atoms with E-state index in [0.29, 0.717) is 0 Å². The van der Waals surface area contributed by atoms with Crippen LogP contribution in [0.2, 0.25) is 0 Å². The monoisotopic (exact) mass is 309 g/mol. The van der Waals surface area contributed by atoms with Crippen LogP contribution in [-0.2, 0) is 0 Å². The smallest absolute Gasteiger partial charge is 0.115 e. The van der Waals surface area contributed by atoms with Crippen LogP contribution in [0.5, 0.6) is 0 Å². The molecule has 0 fully saturated rings. The molecule has 1 aromatic carbocycles. The highest BCUT2D eigenvalue weighted by atomic mass is 79.9. The molecule has 1 aromatic heterocycles. The fraction of sp³-hybridized carbons (Fsp3) is 0.167. The second kappa shape index (κ2) is 6.14. The molecule has 0 aliphatic carbocycles. The number of thioether (sulfide) groups is 1. The fourth-order valence-electron chi connectivity index (χ4n) is 1.32. The standard InChI is InChI=1S/C12H12BrN3S/c13-10-1-3-11(4-2-10)17-7-12(14)9-5-15-8-16-6-9/h1-6,8,12H,7,14H2. The molecule has 0 radical (unpaired) electrons. The van der Waals surface area contributed by atoms with Crippen molar-refractivity contribution in [3.8, 4) is 0 Å². The van der Waals surface area contributed by atoms with Gasteiger partial charge in [0.2, 0.25) is 0 Å². The summed E-state index contributed by atoms with van der Waals surface area (Å²) in [6, 6.07) is 8.16. The van der Waals surface area contributed by atoms with Gasteiger partial charge >= 0.3 is 0 Å². The zero-order valence-electron chi connectivity index (χ0n) is 9.08. The van der Waals surface area contributed by atoms with Gasteiger partial charge in [-0.2, -0.15) is 0 Å². The minimum Gasteiger partial charge on any atom is -0.323 e. The van der Waals surface area contributed by atoms with Crippen LogP contribution in [-0.4, -0.2) is 15.7 Å². The Morgan fingerprint density at radius 1 is 1.18 bits per heavy atom. The highest BCUT2D eigenvalue weighted by Gasteiger charge is 2.06. The van der Waals surface area contributed by atoms with E-state index in [4.69, 9.17) is 5.73 Å². The number of nitrogens with two attached hydrogens (primary N) is 1. The summed E-state index contributed by atoms with van der Waals surface area (Å²) < 4.78 is 1.09. The third-order valence-electron chi connectivity index (χ3n) is 2.25. The lowest BCUT2D eigenvalue weighted by atomic mass is 10.2. The van der Waals surface area contributed by atoms with E-state index in [2.05, 4.69) is 38.0 Å². The molecule has 88 valence electrons. The van der Waals surface area contributed by atoms with Crippen molar-refractivity contribution >= 4 is 27.7 Å². The second-order valence-electron chi connectivity index (χ2n) is 3.54. The maximum atomic E-state index is 6.06. The maximum absolute atomic E-state index is 6.06. The largest absolute Gasteiger partial charge is 0.323 e. The number of rotatable bonds is 4. The van der Waals surface area contributed by atoms with E-state index in [1.165, 1.54) is 11.2 Å². The molecule has 3 nitrogen and oxygen atoms in total. The molecule has 5 heteroatoms. The van der Waals surface area contributed by atoms with Gasteiger partial charge in [0.25, 0.3) is 0 Å². The van der Waals surface area contributed by atoms with Crippen LogP contribution in [0.1, 0.15) is 11.6 Å². The third-order valence-corrected chi connectivity index (χ3v) is 3.91. The molecular formula is C12H12BrN3S. The van der Waals surface area contributed by atoms with Crippen molar-refractivity contribution in [3.05, 3.63) is 53.0 Å². The first-order chi connectivity index (χ1) is 8.25. The maximum Gasteiger partial charge on any atom is 0.115 e. The number of halogens is 1. The Labute approximate surface area is 113 Å². The molecule has 0 bridgehead atoms. The quantitative estimate of drug-likeness (QED) is 0.882. The van der Waals surface area contributed by atoms with Gasteiger partial charge in [0, 0.05) is 39.1 Å². The molecule has 17 heavy (non-hydrogen) atoms. The molecular weight excluding hydrogens is 298 g/mol. The second-order valence-corrected chi connectivity index (χ2v) is 5.55. The summed E-state index contributed by atoms with van der Waals surface area (Å²) in [5.74, 6) is 0.814. The van der Waals surface area contributed by atoms with Crippen LogP contribution in [0.4, 0.5) is 0 Å². The highest BCUT2D eigenvalue weighted by molar-refractivity contribution is 9.10. The molecule has 0 spiro atoms. The van der Waals surface area contributed by atoms with Crippen molar-refractivity contribution in [2.75, 3.05) is 5.75 Å². The van der Waals surface area contributed by atoms with E-state index in [-0.39, 0.29) is 6.04 Å². The van der Waals surface area contributed by atoms with Gasteiger partial charge in [0.05, 0.1) is 0 Å². The molecule has 2 aromatic rings. The Hall–Kier alpha value is -0.910. The van der Waals surface area contributed by atoms with Crippen molar-refractivity contribution in [1.29, 1.82) is 0 Å². The predicted molar refractivity (Wildman–Crippen MR) is 73.8 cm³/mol. The molecule has 0 saturated heterocycles. The van der Waals surface area contributed by atoms with Gasteiger partial charge in [0.1, 0.15) is 6.33 Å². The zero-order valence-corrected chi connectivity index (χ0v) is 11.5. The van der Waals surface area contributed by atoms with Crippen LogP contribution in [0, 0.1) is 0 Å².